The number of hydrogen-bond acceptors (Lipinski definition) is 2. The highest BCUT2D eigenvalue weighted by atomic mass is 32.2. The Balaban J connectivity index is 1.92. The van der Waals surface area contributed by atoms with Crippen LogP contribution in [-0.2, 0) is 6.54 Å². The summed E-state index contributed by atoms with van der Waals surface area (Å²) in [6.45, 7) is 4.19. The Hall–Kier alpha value is -0.470. The minimum atomic E-state index is 0.870. The second-order valence-electron chi connectivity index (χ2n) is 4.45. The lowest BCUT2D eigenvalue weighted by atomic mass is 10.2. The molecular formula is C14H21NS. The van der Waals surface area contributed by atoms with Gasteiger partial charge in [-0.1, -0.05) is 31.9 Å². The molecule has 1 aromatic carbocycles. The van der Waals surface area contributed by atoms with Gasteiger partial charge in [-0.05, 0) is 37.1 Å². The Labute approximate surface area is 103 Å². The molecule has 0 heterocycles. The molecule has 0 bridgehead atoms. The number of benzene rings is 1. The largest absolute Gasteiger partial charge is 0.313 e. The third kappa shape index (κ3) is 3.53. The van der Waals surface area contributed by atoms with Crippen LogP contribution in [0.25, 0.3) is 0 Å². The first-order valence-electron chi connectivity index (χ1n) is 6.35. The maximum Gasteiger partial charge on any atom is 0.0205 e. The molecule has 0 unspecified atom stereocenters. The lowest BCUT2D eigenvalue weighted by molar-refractivity contribution is 0.725. The molecule has 0 spiro atoms. The summed E-state index contributed by atoms with van der Waals surface area (Å²) in [5.41, 5.74) is 1.41. The highest BCUT2D eigenvalue weighted by Gasteiger charge is 2.15. The van der Waals surface area contributed by atoms with E-state index < -0.39 is 0 Å². The topological polar surface area (TPSA) is 12.0 Å². The molecule has 0 aromatic heterocycles. The van der Waals surface area contributed by atoms with Gasteiger partial charge in [0.15, 0.2) is 0 Å². The van der Waals surface area contributed by atoms with E-state index in [1.54, 1.807) is 0 Å². The minimum Gasteiger partial charge on any atom is -0.313 e. The van der Waals surface area contributed by atoms with Gasteiger partial charge in [0.1, 0.15) is 0 Å². The van der Waals surface area contributed by atoms with Crippen molar-refractivity contribution < 1.29 is 0 Å². The average molecular weight is 235 g/mol. The van der Waals surface area contributed by atoms with Crippen LogP contribution in [0.4, 0.5) is 0 Å². The van der Waals surface area contributed by atoms with Crippen LogP contribution in [0.3, 0.4) is 0 Å². The lowest BCUT2D eigenvalue weighted by Gasteiger charge is -2.10. The Morgan fingerprint density at radius 1 is 1.31 bits per heavy atom. The molecule has 1 N–H and O–H groups in total. The van der Waals surface area contributed by atoms with E-state index in [9.17, 15) is 0 Å². The first-order chi connectivity index (χ1) is 7.88. The number of rotatable bonds is 5. The highest BCUT2D eigenvalue weighted by molar-refractivity contribution is 8.00. The van der Waals surface area contributed by atoms with E-state index in [-0.39, 0.29) is 0 Å². The Kier molecular flexibility index (Phi) is 4.73. The van der Waals surface area contributed by atoms with Crippen molar-refractivity contribution in [1.29, 1.82) is 0 Å². The zero-order valence-electron chi connectivity index (χ0n) is 10.0. The van der Waals surface area contributed by atoms with Gasteiger partial charge in [-0.15, -0.1) is 11.8 Å². The van der Waals surface area contributed by atoms with Gasteiger partial charge in [0.05, 0.1) is 0 Å². The smallest absolute Gasteiger partial charge is 0.0205 e. The predicted octanol–water partition coefficient (Wildman–Crippen LogP) is 3.83. The molecule has 1 aromatic rings. The van der Waals surface area contributed by atoms with Gasteiger partial charge in [-0.3, -0.25) is 0 Å². The Morgan fingerprint density at radius 3 is 2.88 bits per heavy atom. The molecule has 2 rings (SSSR count). The molecule has 0 saturated heterocycles. The van der Waals surface area contributed by atoms with E-state index in [1.807, 2.05) is 0 Å². The molecule has 2 heteroatoms. The lowest BCUT2D eigenvalue weighted by Crippen LogP contribution is -2.11. The van der Waals surface area contributed by atoms with E-state index in [0.717, 1.165) is 18.3 Å². The van der Waals surface area contributed by atoms with E-state index in [4.69, 9.17) is 0 Å². The van der Waals surface area contributed by atoms with Gasteiger partial charge in [0.2, 0.25) is 0 Å². The van der Waals surface area contributed by atoms with Crippen LogP contribution in [0.15, 0.2) is 29.2 Å². The maximum atomic E-state index is 3.38. The van der Waals surface area contributed by atoms with Crippen molar-refractivity contribution in [3.05, 3.63) is 29.8 Å². The van der Waals surface area contributed by atoms with Gasteiger partial charge in [0, 0.05) is 16.7 Å². The summed E-state index contributed by atoms with van der Waals surface area (Å²) in [7, 11) is 0. The van der Waals surface area contributed by atoms with Crippen molar-refractivity contribution in [2.24, 2.45) is 0 Å². The van der Waals surface area contributed by atoms with Crippen molar-refractivity contribution in [2.75, 3.05) is 6.54 Å². The number of thioether (sulfide) groups is 1. The van der Waals surface area contributed by atoms with Crippen molar-refractivity contribution in [1.82, 2.24) is 5.32 Å². The summed E-state index contributed by atoms with van der Waals surface area (Å²) >= 11 is 2.07. The van der Waals surface area contributed by atoms with Crippen molar-refractivity contribution in [2.45, 2.75) is 49.3 Å². The average Bonchev–Trinajstić information content (AvgIpc) is 2.80. The van der Waals surface area contributed by atoms with E-state index in [2.05, 4.69) is 48.3 Å². The molecule has 16 heavy (non-hydrogen) atoms. The third-order valence-corrected chi connectivity index (χ3v) is 4.41. The second kappa shape index (κ2) is 6.31. The molecule has 1 fully saturated rings. The fraction of sp³-hybridized carbons (Fsp3) is 0.571. The van der Waals surface area contributed by atoms with Crippen LogP contribution >= 0.6 is 11.8 Å². The van der Waals surface area contributed by atoms with Crippen LogP contribution in [0.1, 0.15) is 38.2 Å². The highest BCUT2D eigenvalue weighted by Crippen LogP contribution is 2.34. The van der Waals surface area contributed by atoms with Crippen LogP contribution in [0, 0.1) is 0 Å². The second-order valence-corrected chi connectivity index (χ2v) is 5.83. The van der Waals surface area contributed by atoms with E-state index in [1.165, 1.54) is 36.1 Å². The maximum absolute atomic E-state index is 3.38. The van der Waals surface area contributed by atoms with Gasteiger partial charge < -0.3 is 5.32 Å². The Bertz CT molecular complexity index is 318. The first-order valence-corrected chi connectivity index (χ1v) is 7.23. The molecule has 0 aliphatic heterocycles. The summed E-state index contributed by atoms with van der Waals surface area (Å²) in [4.78, 5) is 1.45. The van der Waals surface area contributed by atoms with Crippen molar-refractivity contribution in [3.8, 4) is 0 Å². The molecule has 1 aliphatic rings. The van der Waals surface area contributed by atoms with Crippen molar-refractivity contribution >= 4 is 11.8 Å². The molecule has 1 aliphatic carbocycles. The molecule has 0 amide bonds. The Morgan fingerprint density at radius 2 is 2.12 bits per heavy atom. The quantitative estimate of drug-likeness (QED) is 0.832. The predicted molar refractivity (Wildman–Crippen MR) is 71.9 cm³/mol. The van der Waals surface area contributed by atoms with E-state index >= 15 is 0 Å². The van der Waals surface area contributed by atoms with Crippen LogP contribution < -0.4 is 5.32 Å². The van der Waals surface area contributed by atoms with Crippen LogP contribution in [0.2, 0.25) is 0 Å². The van der Waals surface area contributed by atoms with Gasteiger partial charge in [-0.25, -0.2) is 0 Å². The zero-order valence-corrected chi connectivity index (χ0v) is 10.9. The fourth-order valence-electron chi connectivity index (χ4n) is 2.20. The van der Waals surface area contributed by atoms with Crippen LogP contribution in [0.5, 0.6) is 0 Å². The third-order valence-electron chi connectivity index (χ3n) is 3.08. The SMILES string of the molecule is CCNCc1cccc(SC2CCCC2)c1. The summed E-state index contributed by atoms with van der Waals surface area (Å²) in [5.74, 6) is 0. The molecule has 0 radical (unpaired) electrons. The molecule has 0 atom stereocenters. The van der Waals surface area contributed by atoms with Gasteiger partial charge in [-0.2, -0.15) is 0 Å². The summed E-state index contributed by atoms with van der Waals surface area (Å²) in [6, 6.07) is 8.98. The zero-order chi connectivity index (χ0) is 11.2. The minimum absolute atomic E-state index is 0.870. The fourth-order valence-corrected chi connectivity index (χ4v) is 3.53. The standard InChI is InChI=1S/C14H21NS/c1-2-15-11-12-6-5-9-14(10-12)16-13-7-3-4-8-13/h5-6,9-10,13,15H,2-4,7-8,11H2,1H3. The van der Waals surface area contributed by atoms with E-state index in [0.29, 0.717) is 0 Å². The number of nitrogens with one attached hydrogen (secondary N) is 1. The van der Waals surface area contributed by atoms with Gasteiger partial charge in [0.25, 0.3) is 0 Å². The summed E-state index contributed by atoms with van der Waals surface area (Å²) in [5, 5.41) is 4.25. The summed E-state index contributed by atoms with van der Waals surface area (Å²) in [6.07, 6.45) is 5.66. The summed E-state index contributed by atoms with van der Waals surface area (Å²) < 4.78 is 0. The first kappa shape index (κ1) is 12.0. The molecule has 88 valence electrons. The van der Waals surface area contributed by atoms with Crippen LogP contribution in [-0.4, -0.2) is 11.8 Å². The molecule has 1 nitrogen and oxygen atoms in total. The molecule has 1 saturated carbocycles. The van der Waals surface area contributed by atoms with Gasteiger partial charge >= 0.3 is 0 Å². The monoisotopic (exact) mass is 235 g/mol. The molecular weight excluding hydrogens is 214 g/mol. The normalized spacial score (nSPS) is 16.8. The number of hydrogen-bond donors (Lipinski definition) is 1. The van der Waals surface area contributed by atoms with Crippen molar-refractivity contribution in [3.63, 3.8) is 0 Å².